The number of hydrogen-bond donors (Lipinski definition) is 1. The zero-order valence-corrected chi connectivity index (χ0v) is 13.8. The van der Waals surface area contributed by atoms with Gasteiger partial charge in [-0.25, -0.2) is 4.79 Å². The van der Waals surface area contributed by atoms with E-state index in [0.29, 0.717) is 13.1 Å². The largest absolute Gasteiger partial charge is 0.468 e. The number of carbonyl (C=O) groups excluding carboxylic acids is 2. The number of likely N-dealkylation sites (tertiary alicyclic amines) is 1. The molecule has 122 valence electrons. The highest BCUT2D eigenvalue weighted by molar-refractivity contribution is 5.75. The molecule has 1 N–H and O–H groups in total. The highest BCUT2D eigenvalue weighted by atomic mass is 16.6. The molecule has 1 saturated heterocycles. The Morgan fingerprint density at radius 2 is 1.95 bits per heavy atom. The number of ether oxygens (including phenoxy) is 2. The third-order valence-electron chi connectivity index (χ3n) is 3.36. The molecule has 0 radical (unpaired) electrons. The molecule has 0 aromatic rings. The highest BCUT2D eigenvalue weighted by Crippen LogP contribution is 2.15. The van der Waals surface area contributed by atoms with Gasteiger partial charge in [0.1, 0.15) is 11.6 Å². The fourth-order valence-electron chi connectivity index (χ4n) is 2.37. The summed E-state index contributed by atoms with van der Waals surface area (Å²) in [6.07, 6.45) is 2.61. The van der Waals surface area contributed by atoms with E-state index in [-0.39, 0.29) is 24.1 Å². The van der Waals surface area contributed by atoms with Gasteiger partial charge in [0.2, 0.25) is 0 Å². The zero-order chi connectivity index (χ0) is 16.0. The van der Waals surface area contributed by atoms with Crippen molar-refractivity contribution in [2.45, 2.75) is 64.6 Å². The Balaban J connectivity index is 2.60. The second kappa shape index (κ2) is 7.64. The predicted octanol–water partition coefficient (Wildman–Crippen LogP) is 1.93. The molecule has 0 aliphatic carbocycles. The minimum Gasteiger partial charge on any atom is -0.468 e. The lowest BCUT2D eigenvalue weighted by atomic mass is 10.1. The molecule has 21 heavy (non-hydrogen) atoms. The molecule has 0 bridgehead atoms. The molecule has 2 atom stereocenters. The van der Waals surface area contributed by atoms with Gasteiger partial charge in [-0.05, 0) is 40.5 Å². The van der Waals surface area contributed by atoms with Crippen molar-refractivity contribution in [2.75, 3.05) is 20.2 Å². The van der Waals surface area contributed by atoms with Crippen LogP contribution in [-0.2, 0) is 14.3 Å². The van der Waals surface area contributed by atoms with E-state index in [1.54, 1.807) is 11.8 Å². The molecule has 1 amide bonds. The zero-order valence-electron chi connectivity index (χ0n) is 13.8. The van der Waals surface area contributed by atoms with Crippen molar-refractivity contribution in [3.05, 3.63) is 0 Å². The van der Waals surface area contributed by atoms with Gasteiger partial charge < -0.3 is 19.7 Å². The fraction of sp³-hybridized carbons (Fsp3) is 0.867. The molecule has 1 aliphatic rings. The maximum atomic E-state index is 12.2. The van der Waals surface area contributed by atoms with E-state index in [1.165, 1.54) is 7.11 Å². The Labute approximate surface area is 127 Å². The van der Waals surface area contributed by atoms with Crippen LogP contribution < -0.4 is 5.32 Å². The van der Waals surface area contributed by atoms with Crippen LogP contribution in [0.5, 0.6) is 0 Å². The molecule has 0 saturated carbocycles. The monoisotopic (exact) mass is 300 g/mol. The topological polar surface area (TPSA) is 67.9 Å². The number of rotatable bonds is 3. The number of hydrogen-bond acceptors (Lipinski definition) is 5. The molecule has 0 spiro atoms. The van der Waals surface area contributed by atoms with Gasteiger partial charge in [0, 0.05) is 19.1 Å². The summed E-state index contributed by atoms with van der Waals surface area (Å²) >= 11 is 0. The molecular weight excluding hydrogens is 272 g/mol. The number of nitrogens with one attached hydrogen (secondary N) is 1. The summed E-state index contributed by atoms with van der Waals surface area (Å²) < 4.78 is 10.1. The Morgan fingerprint density at radius 3 is 2.52 bits per heavy atom. The van der Waals surface area contributed by atoms with Crippen LogP contribution in [0.15, 0.2) is 0 Å². The molecule has 1 aliphatic heterocycles. The van der Waals surface area contributed by atoms with Crippen molar-refractivity contribution in [3.8, 4) is 0 Å². The van der Waals surface area contributed by atoms with Crippen molar-refractivity contribution in [3.63, 3.8) is 0 Å². The number of nitrogens with zero attached hydrogens (tertiary/aromatic N) is 1. The SMILES string of the molecule is COC(=O)C(C)NC1CCCCN(C(=O)OC(C)(C)C)C1. The highest BCUT2D eigenvalue weighted by Gasteiger charge is 2.27. The van der Waals surface area contributed by atoms with Crippen LogP contribution in [0.4, 0.5) is 4.79 Å². The smallest absolute Gasteiger partial charge is 0.410 e. The molecule has 1 heterocycles. The van der Waals surface area contributed by atoms with Crippen LogP contribution in [0.3, 0.4) is 0 Å². The molecule has 6 nitrogen and oxygen atoms in total. The third kappa shape index (κ3) is 6.33. The van der Waals surface area contributed by atoms with E-state index < -0.39 is 5.60 Å². The van der Waals surface area contributed by atoms with Crippen LogP contribution in [0.1, 0.15) is 47.0 Å². The maximum absolute atomic E-state index is 12.2. The van der Waals surface area contributed by atoms with Crippen molar-refractivity contribution < 1.29 is 19.1 Å². The van der Waals surface area contributed by atoms with Gasteiger partial charge in [0.15, 0.2) is 0 Å². The second-order valence-electron chi connectivity index (χ2n) is 6.53. The first kappa shape index (κ1) is 17.8. The van der Waals surface area contributed by atoms with Gasteiger partial charge in [-0.3, -0.25) is 4.79 Å². The Morgan fingerprint density at radius 1 is 1.29 bits per heavy atom. The van der Waals surface area contributed by atoms with E-state index in [2.05, 4.69) is 5.32 Å². The van der Waals surface area contributed by atoms with Gasteiger partial charge in [0.25, 0.3) is 0 Å². The number of esters is 1. The molecule has 2 unspecified atom stereocenters. The summed E-state index contributed by atoms with van der Waals surface area (Å²) in [5, 5.41) is 3.23. The van der Waals surface area contributed by atoms with Crippen LogP contribution in [0.25, 0.3) is 0 Å². The van der Waals surface area contributed by atoms with E-state index in [4.69, 9.17) is 9.47 Å². The number of methoxy groups -OCH3 is 1. The summed E-state index contributed by atoms with van der Waals surface area (Å²) in [7, 11) is 1.38. The van der Waals surface area contributed by atoms with Gasteiger partial charge in [0.05, 0.1) is 7.11 Å². The third-order valence-corrected chi connectivity index (χ3v) is 3.36. The van der Waals surface area contributed by atoms with Crippen molar-refractivity contribution >= 4 is 12.1 Å². The quantitative estimate of drug-likeness (QED) is 0.807. The molecular formula is C15H28N2O4. The Hall–Kier alpha value is -1.30. The van der Waals surface area contributed by atoms with Gasteiger partial charge >= 0.3 is 12.1 Å². The van der Waals surface area contributed by atoms with Crippen LogP contribution in [0.2, 0.25) is 0 Å². The van der Waals surface area contributed by atoms with Crippen molar-refractivity contribution in [1.29, 1.82) is 0 Å². The molecule has 1 rings (SSSR count). The summed E-state index contributed by atoms with van der Waals surface area (Å²) in [4.78, 5) is 25.4. The normalized spacial score (nSPS) is 21.4. The average Bonchev–Trinajstić information content (AvgIpc) is 2.61. The average molecular weight is 300 g/mol. The van der Waals surface area contributed by atoms with Gasteiger partial charge in [-0.15, -0.1) is 0 Å². The summed E-state index contributed by atoms with van der Waals surface area (Å²) in [6, 6.07) is -0.298. The van der Waals surface area contributed by atoms with Crippen molar-refractivity contribution in [1.82, 2.24) is 10.2 Å². The second-order valence-corrected chi connectivity index (χ2v) is 6.53. The van der Waals surface area contributed by atoms with Crippen molar-refractivity contribution in [2.24, 2.45) is 0 Å². The molecule has 1 fully saturated rings. The lowest BCUT2D eigenvalue weighted by Gasteiger charge is -2.29. The lowest BCUT2D eigenvalue weighted by molar-refractivity contribution is -0.142. The first-order valence-electron chi connectivity index (χ1n) is 7.54. The van der Waals surface area contributed by atoms with E-state index >= 15 is 0 Å². The Kier molecular flexibility index (Phi) is 6.45. The van der Waals surface area contributed by atoms with Crippen LogP contribution in [0, 0.1) is 0 Å². The standard InChI is InChI=1S/C15H28N2O4/c1-11(13(18)20-5)16-12-8-6-7-9-17(10-12)14(19)21-15(2,3)4/h11-12,16H,6-10H2,1-5H3. The van der Waals surface area contributed by atoms with E-state index in [1.807, 2.05) is 20.8 Å². The van der Waals surface area contributed by atoms with E-state index in [9.17, 15) is 9.59 Å². The molecule has 6 heteroatoms. The van der Waals surface area contributed by atoms with Gasteiger partial charge in [-0.1, -0.05) is 6.42 Å². The fourth-order valence-corrected chi connectivity index (χ4v) is 2.37. The molecule has 0 aromatic heterocycles. The first-order valence-corrected chi connectivity index (χ1v) is 7.54. The minimum absolute atomic E-state index is 0.0779. The molecule has 0 aromatic carbocycles. The number of amides is 1. The lowest BCUT2D eigenvalue weighted by Crippen LogP contribution is -2.48. The van der Waals surface area contributed by atoms with E-state index in [0.717, 1.165) is 19.3 Å². The predicted molar refractivity (Wildman–Crippen MR) is 80.1 cm³/mol. The van der Waals surface area contributed by atoms with Crippen LogP contribution in [-0.4, -0.2) is 54.8 Å². The Bertz CT molecular complexity index is 365. The van der Waals surface area contributed by atoms with Crippen LogP contribution >= 0.6 is 0 Å². The summed E-state index contributed by atoms with van der Waals surface area (Å²) in [5.41, 5.74) is -0.494. The summed E-state index contributed by atoms with van der Waals surface area (Å²) in [5.74, 6) is -0.289. The number of carbonyl (C=O) groups is 2. The maximum Gasteiger partial charge on any atom is 0.410 e. The minimum atomic E-state index is -0.494. The van der Waals surface area contributed by atoms with Gasteiger partial charge in [-0.2, -0.15) is 0 Å². The first-order chi connectivity index (χ1) is 9.73. The summed E-state index contributed by atoms with van der Waals surface area (Å²) in [6.45, 7) is 8.60.